The van der Waals surface area contributed by atoms with Crippen LogP contribution in [0.15, 0.2) is 63.6 Å². The second-order valence-electron chi connectivity index (χ2n) is 6.72. The van der Waals surface area contributed by atoms with Crippen LogP contribution in [-0.2, 0) is 9.53 Å². The van der Waals surface area contributed by atoms with Gasteiger partial charge in [-0.1, -0.05) is 47.6 Å². The Morgan fingerprint density at radius 3 is 2.57 bits per heavy atom. The Bertz CT molecular complexity index is 1200. The number of nitrogens with one attached hydrogen (secondary N) is 1. The van der Waals surface area contributed by atoms with Gasteiger partial charge < -0.3 is 19.1 Å². The molecule has 8 nitrogen and oxygen atoms in total. The highest BCUT2D eigenvalue weighted by atomic mass is 16.5. The van der Waals surface area contributed by atoms with E-state index in [0.29, 0.717) is 34.4 Å². The summed E-state index contributed by atoms with van der Waals surface area (Å²) in [7, 11) is 0. The van der Waals surface area contributed by atoms with Gasteiger partial charge in [0.1, 0.15) is 11.3 Å². The van der Waals surface area contributed by atoms with Crippen LogP contribution < -0.4 is 5.32 Å². The molecule has 0 spiro atoms. The number of fused-ring (bicyclic) bond motifs is 1. The van der Waals surface area contributed by atoms with Gasteiger partial charge in [-0.2, -0.15) is 0 Å². The van der Waals surface area contributed by atoms with Gasteiger partial charge in [0.25, 0.3) is 5.91 Å². The van der Waals surface area contributed by atoms with E-state index in [1.807, 2.05) is 30.3 Å². The third kappa shape index (κ3) is 3.93. The number of rotatable bonds is 6. The highest BCUT2D eigenvalue weighted by Crippen LogP contribution is 2.29. The smallest absolute Gasteiger partial charge is 0.338 e. The van der Waals surface area contributed by atoms with Gasteiger partial charge in [0.15, 0.2) is 17.7 Å². The van der Waals surface area contributed by atoms with Crippen LogP contribution in [0, 0.1) is 6.92 Å². The number of esters is 1. The minimum absolute atomic E-state index is 0.269. The van der Waals surface area contributed by atoms with Crippen molar-refractivity contribution in [1.82, 2.24) is 10.3 Å². The fraction of sp³-hybridized carbons (Fsp3) is 0.182. The van der Waals surface area contributed by atoms with E-state index in [-0.39, 0.29) is 5.82 Å². The minimum atomic E-state index is -0.971. The van der Waals surface area contributed by atoms with Crippen molar-refractivity contribution in [3.05, 3.63) is 65.9 Å². The zero-order valence-electron chi connectivity index (χ0n) is 16.4. The SMILES string of the molecule is CCC(OC(=O)c1ccc2noc(-c3ccccc3)c2c1)C(=O)Nc1cc(C)on1. The molecule has 30 heavy (non-hydrogen) atoms. The molecule has 1 N–H and O–H groups in total. The molecule has 1 amide bonds. The molecule has 4 rings (SSSR count). The first-order valence-electron chi connectivity index (χ1n) is 9.45. The van der Waals surface area contributed by atoms with Crippen molar-refractivity contribution in [2.24, 2.45) is 0 Å². The van der Waals surface area contributed by atoms with Crippen LogP contribution in [0.3, 0.4) is 0 Å². The van der Waals surface area contributed by atoms with Crippen molar-refractivity contribution in [3.63, 3.8) is 0 Å². The lowest BCUT2D eigenvalue weighted by molar-refractivity contribution is -0.124. The predicted molar refractivity (Wildman–Crippen MR) is 109 cm³/mol. The fourth-order valence-electron chi connectivity index (χ4n) is 3.02. The topological polar surface area (TPSA) is 107 Å². The number of aromatic nitrogens is 2. The van der Waals surface area contributed by atoms with E-state index in [4.69, 9.17) is 13.8 Å². The Morgan fingerprint density at radius 1 is 1.07 bits per heavy atom. The van der Waals surface area contributed by atoms with E-state index in [0.717, 1.165) is 5.56 Å². The molecule has 0 radical (unpaired) electrons. The summed E-state index contributed by atoms with van der Waals surface area (Å²) in [4.78, 5) is 25.1. The van der Waals surface area contributed by atoms with Gasteiger partial charge >= 0.3 is 5.97 Å². The van der Waals surface area contributed by atoms with Gasteiger partial charge in [-0.25, -0.2) is 4.79 Å². The van der Waals surface area contributed by atoms with Crippen molar-refractivity contribution in [1.29, 1.82) is 0 Å². The van der Waals surface area contributed by atoms with E-state index < -0.39 is 18.0 Å². The molecule has 2 aromatic carbocycles. The van der Waals surface area contributed by atoms with Gasteiger partial charge in [-0.05, 0) is 31.5 Å². The Kier molecular flexibility index (Phi) is 5.30. The average Bonchev–Trinajstić information content (AvgIpc) is 3.37. The van der Waals surface area contributed by atoms with Gasteiger partial charge in [0.05, 0.1) is 10.9 Å². The second-order valence-corrected chi connectivity index (χ2v) is 6.72. The number of ether oxygens (including phenoxy) is 1. The van der Waals surface area contributed by atoms with Crippen LogP contribution in [0.4, 0.5) is 5.82 Å². The Hall–Kier alpha value is -3.94. The predicted octanol–water partition coefficient (Wildman–Crippen LogP) is 4.37. The molecule has 4 aromatic rings. The molecule has 0 fully saturated rings. The van der Waals surface area contributed by atoms with Gasteiger partial charge in [0, 0.05) is 11.6 Å². The number of carbonyl (C=O) groups is 2. The molecule has 0 aliphatic rings. The van der Waals surface area contributed by atoms with E-state index in [1.165, 1.54) is 0 Å². The van der Waals surface area contributed by atoms with Crippen molar-refractivity contribution in [2.75, 3.05) is 5.32 Å². The molecule has 152 valence electrons. The number of benzene rings is 2. The van der Waals surface area contributed by atoms with Crippen LogP contribution in [0.2, 0.25) is 0 Å². The summed E-state index contributed by atoms with van der Waals surface area (Å²) < 4.78 is 15.8. The summed E-state index contributed by atoms with van der Waals surface area (Å²) in [5.74, 6) is 0.300. The largest absolute Gasteiger partial charge is 0.449 e. The van der Waals surface area contributed by atoms with Crippen molar-refractivity contribution in [2.45, 2.75) is 26.4 Å². The summed E-state index contributed by atoms with van der Waals surface area (Å²) in [5.41, 5.74) is 1.77. The third-order valence-electron chi connectivity index (χ3n) is 4.54. The third-order valence-corrected chi connectivity index (χ3v) is 4.54. The molecule has 0 aliphatic carbocycles. The molecule has 2 aromatic heterocycles. The number of carbonyl (C=O) groups excluding carboxylic acids is 2. The molecule has 2 heterocycles. The highest BCUT2D eigenvalue weighted by molar-refractivity contribution is 6.00. The molecular weight excluding hydrogens is 386 g/mol. The molecule has 1 unspecified atom stereocenters. The standard InChI is InChI=1S/C22H19N3O5/c1-3-18(21(26)23-19-11-13(2)29-25-19)28-22(27)15-9-10-17-16(12-15)20(30-24-17)14-7-5-4-6-8-14/h4-12,18H,3H2,1-2H3,(H,23,25,26). The number of nitrogens with zero attached hydrogens (tertiary/aromatic N) is 2. The lowest BCUT2D eigenvalue weighted by atomic mass is 10.1. The van der Waals surface area contributed by atoms with Gasteiger partial charge in [-0.3, -0.25) is 4.79 Å². The molecular formula is C22H19N3O5. The second kappa shape index (κ2) is 8.20. The molecule has 0 aliphatic heterocycles. The summed E-state index contributed by atoms with van der Waals surface area (Å²) >= 11 is 0. The first kappa shape index (κ1) is 19.4. The minimum Gasteiger partial charge on any atom is -0.449 e. The number of anilines is 1. The Morgan fingerprint density at radius 2 is 1.87 bits per heavy atom. The molecule has 1 atom stereocenters. The van der Waals surface area contributed by atoms with E-state index in [1.54, 1.807) is 38.1 Å². The summed E-state index contributed by atoms with van der Waals surface area (Å²) in [6.07, 6.45) is -0.666. The summed E-state index contributed by atoms with van der Waals surface area (Å²) in [5, 5.41) is 11.0. The van der Waals surface area contributed by atoms with Crippen LogP contribution in [-0.4, -0.2) is 28.3 Å². The molecule has 8 heteroatoms. The maximum atomic E-state index is 12.7. The Balaban J connectivity index is 1.54. The van der Waals surface area contributed by atoms with Crippen molar-refractivity contribution >= 4 is 28.6 Å². The van der Waals surface area contributed by atoms with Gasteiger partial charge in [0.2, 0.25) is 0 Å². The first-order valence-corrected chi connectivity index (χ1v) is 9.45. The molecule has 0 saturated heterocycles. The molecule has 0 saturated carbocycles. The van der Waals surface area contributed by atoms with E-state index >= 15 is 0 Å². The normalized spacial score (nSPS) is 11.9. The number of hydrogen-bond acceptors (Lipinski definition) is 7. The van der Waals surface area contributed by atoms with Crippen LogP contribution in [0.1, 0.15) is 29.5 Å². The van der Waals surface area contributed by atoms with Gasteiger partial charge in [-0.15, -0.1) is 0 Å². The maximum absolute atomic E-state index is 12.7. The zero-order valence-corrected chi connectivity index (χ0v) is 16.4. The lowest BCUT2D eigenvalue weighted by Crippen LogP contribution is -2.32. The Labute approximate surface area is 171 Å². The van der Waals surface area contributed by atoms with Crippen molar-refractivity contribution < 1.29 is 23.4 Å². The highest BCUT2D eigenvalue weighted by Gasteiger charge is 2.24. The lowest BCUT2D eigenvalue weighted by Gasteiger charge is -2.15. The van der Waals surface area contributed by atoms with E-state index in [2.05, 4.69) is 15.6 Å². The van der Waals surface area contributed by atoms with Crippen LogP contribution in [0.25, 0.3) is 22.2 Å². The van der Waals surface area contributed by atoms with E-state index in [9.17, 15) is 9.59 Å². The zero-order chi connectivity index (χ0) is 21.1. The average molecular weight is 405 g/mol. The summed E-state index contributed by atoms with van der Waals surface area (Å²) in [6, 6.07) is 16.0. The number of hydrogen-bond donors (Lipinski definition) is 1. The summed E-state index contributed by atoms with van der Waals surface area (Å²) in [6.45, 7) is 3.47. The number of amides is 1. The number of aryl methyl sites for hydroxylation is 1. The van der Waals surface area contributed by atoms with Crippen LogP contribution >= 0.6 is 0 Å². The van der Waals surface area contributed by atoms with Crippen molar-refractivity contribution in [3.8, 4) is 11.3 Å². The fourth-order valence-corrected chi connectivity index (χ4v) is 3.02. The maximum Gasteiger partial charge on any atom is 0.338 e. The molecule has 0 bridgehead atoms. The quantitative estimate of drug-likeness (QED) is 0.475. The van der Waals surface area contributed by atoms with Crippen LogP contribution in [0.5, 0.6) is 0 Å². The first-order chi connectivity index (χ1) is 14.5. The monoisotopic (exact) mass is 405 g/mol.